The molecule has 0 fully saturated rings. The number of hydrogen-bond donors (Lipinski definition) is 1. The van der Waals surface area contributed by atoms with Crippen LogP contribution in [0.2, 0.25) is 0 Å². The first-order chi connectivity index (χ1) is 5.65. The molecule has 0 aliphatic rings. The summed E-state index contributed by atoms with van der Waals surface area (Å²) in [6.45, 7) is 1.28. The number of ketones is 1. The molecule has 0 bridgehead atoms. The predicted molar refractivity (Wildman–Crippen MR) is 42.5 cm³/mol. The molecule has 4 nitrogen and oxygen atoms in total. The number of aromatic amines is 1. The SMILES string of the molecule is CC(=O)c1cc(C=O)c[nH]c1=O. The van der Waals surface area contributed by atoms with Gasteiger partial charge in [-0.15, -0.1) is 0 Å². The first kappa shape index (κ1) is 8.39. The summed E-state index contributed by atoms with van der Waals surface area (Å²) in [4.78, 5) is 34.3. The summed E-state index contributed by atoms with van der Waals surface area (Å²) < 4.78 is 0. The van der Waals surface area contributed by atoms with Crippen LogP contribution in [0.15, 0.2) is 17.1 Å². The molecule has 0 radical (unpaired) electrons. The molecule has 1 rings (SSSR count). The van der Waals surface area contributed by atoms with Crippen LogP contribution in [0.5, 0.6) is 0 Å². The lowest BCUT2D eigenvalue weighted by Gasteiger charge is -1.93. The molecule has 0 aliphatic heterocycles. The van der Waals surface area contributed by atoms with E-state index in [9.17, 15) is 14.4 Å². The van der Waals surface area contributed by atoms with E-state index in [4.69, 9.17) is 0 Å². The third-order valence-electron chi connectivity index (χ3n) is 1.44. The summed E-state index contributed by atoms with van der Waals surface area (Å²) in [5, 5.41) is 0. The highest BCUT2D eigenvalue weighted by atomic mass is 16.1. The fraction of sp³-hybridized carbons (Fsp3) is 0.125. The van der Waals surface area contributed by atoms with Crippen LogP contribution in [0.3, 0.4) is 0 Å². The van der Waals surface area contributed by atoms with E-state index in [-0.39, 0.29) is 11.3 Å². The highest BCUT2D eigenvalue weighted by Gasteiger charge is 2.05. The van der Waals surface area contributed by atoms with Crippen LogP contribution in [0.25, 0.3) is 0 Å². The van der Waals surface area contributed by atoms with Gasteiger partial charge in [0.25, 0.3) is 5.56 Å². The predicted octanol–water partition coefficient (Wildman–Crippen LogP) is 0.390. The molecule has 0 aromatic carbocycles. The van der Waals surface area contributed by atoms with Crippen molar-refractivity contribution in [3.63, 3.8) is 0 Å². The Morgan fingerprint density at radius 3 is 2.75 bits per heavy atom. The Labute approximate surface area is 68.2 Å². The molecule has 1 heterocycles. The van der Waals surface area contributed by atoms with E-state index in [1.54, 1.807) is 0 Å². The average Bonchev–Trinajstić information content (AvgIpc) is 2.05. The van der Waals surface area contributed by atoms with Gasteiger partial charge in [0.1, 0.15) is 0 Å². The number of carbonyl (C=O) groups is 2. The number of aldehydes is 1. The standard InChI is InChI=1S/C8H7NO3/c1-5(11)7-2-6(4-10)3-9-8(7)12/h2-4H,1H3,(H,9,12). The lowest BCUT2D eigenvalue weighted by atomic mass is 10.1. The van der Waals surface area contributed by atoms with Gasteiger partial charge in [-0.1, -0.05) is 0 Å². The van der Waals surface area contributed by atoms with Gasteiger partial charge in [0.15, 0.2) is 12.1 Å². The molecule has 12 heavy (non-hydrogen) atoms. The van der Waals surface area contributed by atoms with Crippen LogP contribution in [-0.4, -0.2) is 17.1 Å². The summed E-state index contributed by atoms with van der Waals surface area (Å²) in [6, 6.07) is 1.27. The topological polar surface area (TPSA) is 67.0 Å². The largest absolute Gasteiger partial charge is 0.328 e. The number of pyridine rings is 1. The fourth-order valence-electron chi connectivity index (χ4n) is 0.830. The van der Waals surface area contributed by atoms with Crippen LogP contribution in [0, 0.1) is 0 Å². The zero-order chi connectivity index (χ0) is 9.14. The van der Waals surface area contributed by atoms with Gasteiger partial charge in [-0.05, 0) is 13.0 Å². The zero-order valence-electron chi connectivity index (χ0n) is 6.46. The molecule has 1 aromatic heterocycles. The highest BCUT2D eigenvalue weighted by Crippen LogP contribution is 1.95. The molecule has 0 saturated carbocycles. The lowest BCUT2D eigenvalue weighted by molar-refractivity contribution is 0.101. The normalized spacial score (nSPS) is 9.42. The second-order valence-corrected chi connectivity index (χ2v) is 2.35. The maximum Gasteiger partial charge on any atom is 0.258 e. The summed E-state index contributed by atoms with van der Waals surface area (Å²) in [7, 11) is 0. The number of carbonyl (C=O) groups excluding carboxylic acids is 2. The molecule has 1 N–H and O–H groups in total. The first-order valence-corrected chi connectivity index (χ1v) is 3.34. The summed E-state index contributed by atoms with van der Waals surface area (Å²) in [5.74, 6) is -0.347. The third kappa shape index (κ3) is 1.47. The van der Waals surface area contributed by atoms with Crippen molar-refractivity contribution in [1.82, 2.24) is 4.98 Å². The molecule has 62 valence electrons. The van der Waals surface area contributed by atoms with Gasteiger partial charge in [-0.25, -0.2) is 0 Å². The third-order valence-corrected chi connectivity index (χ3v) is 1.44. The average molecular weight is 165 g/mol. The Morgan fingerprint density at radius 2 is 2.25 bits per heavy atom. The van der Waals surface area contributed by atoms with Crippen LogP contribution in [0.1, 0.15) is 27.6 Å². The number of Topliss-reactive ketones (excluding diaryl/α,β-unsaturated/α-hetero) is 1. The van der Waals surface area contributed by atoms with Gasteiger partial charge >= 0.3 is 0 Å². The number of H-pyrrole nitrogens is 1. The van der Waals surface area contributed by atoms with Gasteiger partial charge in [0, 0.05) is 11.8 Å². The fourth-order valence-corrected chi connectivity index (χ4v) is 0.830. The van der Waals surface area contributed by atoms with Crippen LogP contribution >= 0.6 is 0 Å². The van der Waals surface area contributed by atoms with Gasteiger partial charge in [0.05, 0.1) is 5.56 Å². The van der Waals surface area contributed by atoms with E-state index >= 15 is 0 Å². The van der Waals surface area contributed by atoms with Gasteiger partial charge < -0.3 is 4.98 Å². The maximum atomic E-state index is 10.9. The second kappa shape index (κ2) is 3.13. The van der Waals surface area contributed by atoms with Gasteiger partial charge in [0.2, 0.25) is 0 Å². The minimum atomic E-state index is -0.465. The minimum Gasteiger partial charge on any atom is -0.328 e. The number of rotatable bonds is 2. The Bertz CT molecular complexity index is 378. The smallest absolute Gasteiger partial charge is 0.258 e. The van der Waals surface area contributed by atoms with Gasteiger partial charge in [-0.3, -0.25) is 14.4 Å². The molecular weight excluding hydrogens is 158 g/mol. The number of hydrogen-bond acceptors (Lipinski definition) is 3. The van der Waals surface area contributed by atoms with Crippen molar-refractivity contribution < 1.29 is 9.59 Å². The van der Waals surface area contributed by atoms with E-state index in [1.165, 1.54) is 19.2 Å². The molecule has 0 atom stereocenters. The molecule has 0 spiro atoms. The van der Waals surface area contributed by atoms with E-state index in [1.807, 2.05) is 0 Å². The van der Waals surface area contributed by atoms with E-state index < -0.39 is 5.56 Å². The van der Waals surface area contributed by atoms with E-state index in [0.29, 0.717) is 11.8 Å². The summed E-state index contributed by atoms with van der Waals surface area (Å²) >= 11 is 0. The lowest BCUT2D eigenvalue weighted by Crippen LogP contribution is -2.15. The van der Waals surface area contributed by atoms with Crippen LogP contribution in [0.4, 0.5) is 0 Å². The van der Waals surface area contributed by atoms with E-state index in [2.05, 4.69) is 4.98 Å². The maximum absolute atomic E-state index is 10.9. The summed E-state index contributed by atoms with van der Waals surface area (Å²) in [5.41, 5.74) is -0.160. The first-order valence-electron chi connectivity index (χ1n) is 3.34. The van der Waals surface area contributed by atoms with Crippen molar-refractivity contribution in [3.05, 3.63) is 33.7 Å². The summed E-state index contributed by atoms with van der Waals surface area (Å²) in [6.07, 6.45) is 1.84. The molecule has 0 aliphatic carbocycles. The van der Waals surface area contributed by atoms with Crippen LogP contribution < -0.4 is 5.56 Å². The van der Waals surface area contributed by atoms with Crippen molar-refractivity contribution in [2.75, 3.05) is 0 Å². The molecule has 0 unspecified atom stereocenters. The van der Waals surface area contributed by atoms with E-state index in [0.717, 1.165) is 0 Å². The van der Waals surface area contributed by atoms with Crippen molar-refractivity contribution >= 4 is 12.1 Å². The molecule has 0 saturated heterocycles. The Morgan fingerprint density at radius 1 is 1.58 bits per heavy atom. The molecular formula is C8H7NO3. The second-order valence-electron chi connectivity index (χ2n) is 2.35. The monoisotopic (exact) mass is 165 g/mol. The van der Waals surface area contributed by atoms with Crippen molar-refractivity contribution in [2.45, 2.75) is 6.92 Å². The molecule has 0 amide bonds. The molecule has 4 heteroatoms. The van der Waals surface area contributed by atoms with Crippen molar-refractivity contribution in [1.29, 1.82) is 0 Å². The minimum absolute atomic E-state index is 0.0135. The Balaban J connectivity index is 3.36. The highest BCUT2D eigenvalue weighted by molar-refractivity contribution is 5.95. The van der Waals surface area contributed by atoms with Crippen LogP contribution in [-0.2, 0) is 0 Å². The van der Waals surface area contributed by atoms with Crippen molar-refractivity contribution in [3.8, 4) is 0 Å². The number of nitrogens with one attached hydrogen (secondary N) is 1. The zero-order valence-corrected chi connectivity index (χ0v) is 6.46. The Kier molecular flexibility index (Phi) is 2.19. The number of aromatic nitrogens is 1. The van der Waals surface area contributed by atoms with Crippen molar-refractivity contribution in [2.24, 2.45) is 0 Å². The molecule has 1 aromatic rings. The van der Waals surface area contributed by atoms with Gasteiger partial charge in [-0.2, -0.15) is 0 Å². The quantitative estimate of drug-likeness (QED) is 0.509. The Hall–Kier alpha value is -1.71.